The van der Waals surface area contributed by atoms with E-state index < -0.39 is 7.59 Å². The van der Waals surface area contributed by atoms with Crippen molar-refractivity contribution in [1.29, 1.82) is 0 Å². The van der Waals surface area contributed by atoms with E-state index in [1.54, 1.807) is 0 Å². The zero-order valence-electron chi connectivity index (χ0n) is 9.23. The molecule has 0 aliphatic heterocycles. The highest BCUT2D eigenvalue weighted by Crippen LogP contribution is 2.43. The molecule has 0 amide bonds. The Hall–Kier alpha value is -1.61. The minimum Gasteiger partial charge on any atom is -0.268 e. The van der Waals surface area contributed by atoms with Crippen LogP contribution < -0.4 is 15.7 Å². The van der Waals surface area contributed by atoms with Gasteiger partial charge in [0.25, 0.3) is 0 Å². The van der Waals surface area contributed by atoms with E-state index in [0.29, 0.717) is 11.4 Å². The summed E-state index contributed by atoms with van der Waals surface area (Å²) in [5.41, 5.74) is 12.6. The lowest BCUT2D eigenvalue weighted by atomic mass is 10.3. The first-order valence-corrected chi connectivity index (χ1v) is 6.97. The molecular formula is C12H14N3OP. The molecule has 17 heavy (non-hydrogen) atoms. The van der Waals surface area contributed by atoms with Crippen molar-refractivity contribution < 1.29 is 4.57 Å². The van der Waals surface area contributed by atoms with E-state index in [1.807, 2.05) is 60.7 Å². The van der Waals surface area contributed by atoms with Gasteiger partial charge in [-0.3, -0.25) is 20.2 Å². The van der Waals surface area contributed by atoms with Crippen LogP contribution in [-0.4, -0.2) is 0 Å². The maximum Gasteiger partial charge on any atom is 0.305 e. The molecule has 0 radical (unpaired) electrons. The summed E-state index contributed by atoms with van der Waals surface area (Å²) in [7, 11) is -3.39. The Balaban J connectivity index is 2.52. The lowest BCUT2D eigenvalue weighted by Crippen LogP contribution is -2.24. The highest BCUT2D eigenvalue weighted by molar-refractivity contribution is 7.61. The maximum atomic E-state index is 12.0. The number of hydrogen-bond acceptors (Lipinski definition) is 1. The summed E-state index contributed by atoms with van der Waals surface area (Å²) in [6.45, 7) is 0. The molecule has 2 rings (SSSR count). The van der Waals surface area contributed by atoms with Crippen LogP contribution in [0.3, 0.4) is 0 Å². The summed E-state index contributed by atoms with van der Waals surface area (Å²) in [4.78, 5) is 0. The van der Waals surface area contributed by atoms with E-state index in [0.717, 1.165) is 0 Å². The Kier molecular flexibility index (Phi) is 3.29. The Morgan fingerprint density at radius 3 is 1.41 bits per heavy atom. The van der Waals surface area contributed by atoms with E-state index in [2.05, 4.69) is 0 Å². The Morgan fingerprint density at radius 1 is 0.765 bits per heavy atom. The minimum atomic E-state index is -3.39. The minimum absolute atomic E-state index is 0.715. The SMILES string of the molecule is NP(N)(=O)N(c1ccccc1)c1ccccc1. The first-order valence-electron chi connectivity index (χ1n) is 5.17. The van der Waals surface area contributed by atoms with Gasteiger partial charge < -0.3 is 0 Å². The van der Waals surface area contributed by atoms with Crippen LogP contribution in [0.1, 0.15) is 0 Å². The molecule has 0 aliphatic rings. The van der Waals surface area contributed by atoms with Crippen molar-refractivity contribution in [2.24, 2.45) is 11.0 Å². The Morgan fingerprint density at radius 2 is 1.12 bits per heavy atom. The average Bonchev–Trinajstić information content (AvgIpc) is 2.30. The third-order valence-corrected chi connectivity index (χ3v) is 3.40. The number of nitrogens with two attached hydrogens (primary N) is 2. The Bertz CT molecular complexity index is 484. The predicted molar refractivity (Wildman–Crippen MR) is 71.0 cm³/mol. The highest BCUT2D eigenvalue weighted by atomic mass is 31.2. The second-order valence-electron chi connectivity index (χ2n) is 3.66. The monoisotopic (exact) mass is 247 g/mol. The number of anilines is 2. The quantitative estimate of drug-likeness (QED) is 0.818. The second kappa shape index (κ2) is 4.72. The van der Waals surface area contributed by atoms with Crippen molar-refractivity contribution in [1.82, 2.24) is 0 Å². The highest BCUT2D eigenvalue weighted by Gasteiger charge is 2.23. The first kappa shape index (κ1) is 11.9. The second-order valence-corrected chi connectivity index (χ2v) is 5.40. The molecule has 4 N–H and O–H groups in total. The van der Waals surface area contributed by atoms with Crippen molar-refractivity contribution in [3.05, 3.63) is 60.7 Å². The van der Waals surface area contributed by atoms with Crippen molar-refractivity contribution >= 4 is 19.0 Å². The summed E-state index contributed by atoms with van der Waals surface area (Å²) in [6.07, 6.45) is 0. The molecule has 0 aromatic heterocycles. The molecule has 0 atom stereocenters. The number of rotatable bonds is 3. The fourth-order valence-electron chi connectivity index (χ4n) is 1.65. The van der Waals surface area contributed by atoms with Crippen LogP contribution in [0, 0.1) is 0 Å². The van der Waals surface area contributed by atoms with Crippen LogP contribution in [0.5, 0.6) is 0 Å². The molecule has 0 unspecified atom stereocenters. The zero-order chi connectivity index (χ0) is 12.3. The van der Waals surface area contributed by atoms with Gasteiger partial charge in [0.2, 0.25) is 0 Å². The fourth-order valence-corrected chi connectivity index (χ4v) is 2.64. The summed E-state index contributed by atoms with van der Waals surface area (Å²) >= 11 is 0. The molecule has 0 fully saturated rings. The van der Waals surface area contributed by atoms with Gasteiger partial charge in [-0.1, -0.05) is 36.4 Å². The smallest absolute Gasteiger partial charge is 0.268 e. The Labute approximate surface area is 100 Å². The third-order valence-electron chi connectivity index (χ3n) is 2.31. The molecule has 5 heteroatoms. The largest absolute Gasteiger partial charge is 0.305 e. The van der Waals surface area contributed by atoms with E-state index >= 15 is 0 Å². The van der Waals surface area contributed by atoms with E-state index in [9.17, 15) is 4.57 Å². The van der Waals surface area contributed by atoms with Gasteiger partial charge in [0.05, 0.1) is 0 Å². The van der Waals surface area contributed by atoms with Crippen LogP contribution >= 0.6 is 7.59 Å². The molecule has 0 saturated heterocycles. The summed E-state index contributed by atoms with van der Waals surface area (Å²) in [6, 6.07) is 18.4. The molecule has 2 aromatic carbocycles. The molecule has 0 heterocycles. The van der Waals surface area contributed by atoms with Gasteiger partial charge in [-0.25, -0.2) is 0 Å². The lowest BCUT2D eigenvalue weighted by Gasteiger charge is -2.27. The predicted octanol–water partition coefficient (Wildman–Crippen LogP) is 2.85. The summed E-state index contributed by atoms with van der Waals surface area (Å²) in [5, 5.41) is 0. The third kappa shape index (κ3) is 2.74. The number of benzene rings is 2. The van der Waals surface area contributed by atoms with E-state index in [-0.39, 0.29) is 0 Å². The van der Waals surface area contributed by atoms with Crippen molar-refractivity contribution in [3.8, 4) is 0 Å². The van der Waals surface area contributed by atoms with Crippen molar-refractivity contribution in [2.75, 3.05) is 4.67 Å². The lowest BCUT2D eigenvalue weighted by molar-refractivity contribution is 0.576. The molecule has 0 bridgehead atoms. The van der Waals surface area contributed by atoms with Crippen LogP contribution in [0.15, 0.2) is 60.7 Å². The van der Waals surface area contributed by atoms with Gasteiger partial charge in [0.1, 0.15) is 0 Å². The van der Waals surface area contributed by atoms with Gasteiger partial charge in [-0.15, -0.1) is 0 Å². The number of hydrogen-bond donors (Lipinski definition) is 2. The van der Waals surface area contributed by atoms with Crippen LogP contribution in [0.2, 0.25) is 0 Å². The molecule has 0 aliphatic carbocycles. The van der Waals surface area contributed by atoms with Crippen molar-refractivity contribution in [3.63, 3.8) is 0 Å². The van der Waals surface area contributed by atoms with E-state index in [1.165, 1.54) is 4.67 Å². The number of para-hydroxylation sites is 2. The molecule has 4 nitrogen and oxygen atoms in total. The van der Waals surface area contributed by atoms with Gasteiger partial charge in [0, 0.05) is 11.4 Å². The molecular weight excluding hydrogens is 233 g/mol. The van der Waals surface area contributed by atoms with Crippen LogP contribution in [-0.2, 0) is 4.57 Å². The topological polar surface area (TPSA) is 72.3 Å². The first-order chi connectivity index (χ1) is 8.09. The van der Waals surface area contributed by atoms with Gasteiger partial charge in [-0.2, -0.15) is 0 Å². The van der Waals surface area contributed by atoms with Gasteiger partial charge in [-0.05, 0) is 24.3 Å². The normalized spacial score (nSPS) is 11.2. The molecule has 88 valence electrons. The molecule has 2 aromatic rings. The van der Waals surface area contributed by atoms with Crippen LogP contribution in [0.4, 0.5) is 11.4 Å². The standard InChI is InChI=1S/C12H14N3OP/c13-17(14,16)15(11-7-3-1-4-8-11)12-9-5-2-6-10-12/h1-10H,(H4,13,14,16). The van der Waals surface area contributed by atoms with Gasteiger partial charge in [0.15, 0.2) is 0 Å². The zero-order valence-corrected chi connectivity index (χ0v) is 10.1. The van der Waals surface area contributed by atoms with Crippen LogP contribution in [0.25, 0.3) is 0 Å². The number of nitrogens with zero attached hydrogens (tertiary/aromatic N) is 1. The van der Waals surface area contributed by atoms with Crippen molar-refractivity contribution in [2.45, 2.75) is 0 Å². The maximum absolute atomic E-state index is 12.0. The van der Waals surface area contributed by atoms with E-state index in [4.69, 9.17) is 11.0 Å². The fraction of sp³-hybridized carbons (Fsp3) is 0. The molecule has 0 saturated carbocycles. The van der Waals surface area contributed by atoms with Gasteiger partial charge >= 0.3 is 7.59 Å². The molecule has 0 spiro atoms. The summed E-state index contributed by atoms with van der Waals surface area (Å²) < 4.78 is 13.5. The average molecular weight is 247 g/mol. The summed E-state index contributed by atoms with van der Waals surface area (Å²) in [5.74, 6) is 0.